The Morgan fingerprint density at radius 2 is 1.67 bits per heavy atom. The minimum absolute atomic E-state index is 0.00502. The summed E-state index contributed by atoms with van der Waals surface area (Å²) in [5, 5.41) is 3.51. The van der Waals surface area contributed by atoms with Crippen LogP contribution in [0.4, 0.5) is 0 Å². The fourth-order valence-corrected chi connectivity index (χ4v) is 3.75. The summed E-state index contributed by atoms with van der Waals surface area (Å²) in [5.74, 6) is 0.0361. The third-order valence-electron chi connectivity index (χ3n) is 5.26. The molecule has 0 radical (unpaired) electrons. The number of piperazine rings is 1. The Hall–Kier alpha value is -2.44. The van der Waals surface area contributed by atoms with Crippen LogP contribution in [-0.4, -0.2) is 58.8 Å². The lowest BCUT2D eigenvalue weighted by atomic mass is 10.0. The molecule has 2 heterocycles. The van der Waals surface area contributed by atoms with Gasteiger partial charge in [-0.2, -0.15) is 0 Å². The van der Waals surface area contributed by atoms with Crippen molar-refractivity contribution in [2.24, 2.45) is 5.92 Å². The number of halogens is 1. The Morgan fingerprint density at radius 1 is 1.03 bits per heavy atom. The van der Waals surface area contributed by atoms with Crippen molar-refractivity contribution in [3.63, 3.8) is 0 Å². The van der Waals surface area contributed by atoms with E-state index >= 15 is 0 Å². The Morgan fingerprint density at radius 3 is 2.27 bits per heavy atom. The van der Waals surface area contributed by atoms with E-state index < -0.39 is 6.04 Å². The standard InChI is InChI=1S/C23H29ClN4O2/c1-17(2)15-21(26-22(29)19-3-5-20(24)6-4-19)23(30)28-13-11-27(12-14-28)16-18-7-9-25-10-8-18/h3-10,17,21H,11-16H2,1-2H3,(H,26,29)/t21-/m0/s1. The SMILES string of the molecule is CC(C)C[C@H](NC(=O)c1ccc(Cl)cc1)C(=O)N1CCN(Cc2ccncc2)CC1. The molecule has 1 aromatic heterocycles. The van der Waals surface area contributed by atoms with Crippen LogP contribution in [0, 0.1) is 5.92 Å². The number of carbonyl (C=O) groups excluding carboxylic acids is 2. The van der Waals surface area contributed by atoms with E-state index in [1.54, 1.807) is 36.7 Å². The average molecular weight is 429 g/mol. The number of hydrogen-bond donors (Lipinski definition) is 1. The first kappa shape index (κ1) is 22.2. The zero-order valence-corrected chi connectivity index (χ0v) is 18.3. The molecule has 3 rings (SSSR count). The van der Waals surface area contributed by atoms with Gasteiger partial charge in [-0.25, -0.2) is 0 Å². The van der Waals surface area contributed by atoms with Gasteiger partial charge in [-0.3, -0.25) is 19.5 Å². The third-order valence-corrected chi connectivity index (χ3v) is 5.51. The van der Waals surface area contributed by atoms with Crippen LogP contribution >= 0.6 is 11.6 Å². The molecule has 0 unspecified atom stereocenters. The maximum Gasteiger partial charge on any atom is 0.251 e. The summed E-state index contributed by atoms with van der Waals surface area (Å²) in [6, 6.07) is 10.2. The molecule has 1 N–H and O–H groups in total. The Balaban J connectivity index is 1.58. The van der Waals surface area contributed by atoms with Crippen LogP contribution in [0.3, 0.4) is 0 Å². The second kappa shape index (κ2) is 10.5. The summed E-state index contributed by atoms with van der Waals surface area (Å²) in [6.07, 6.45) is 4.21. The van der Waals surface area contributed by atoms with Gasteiger partial charge >= 0.3 is 0 Å². The minimum atomic E-state index is -0.528. The molecule has 0 aliphatic carbocycles. The van der Waals surface area contributed by atoms with Gasteiger partial charge in [0.1, 0.15) is 6.04 Å². The summed E-state index contributed by atoms with van der Waals surface area (Å²) in [4.78, 5) is 34.1. The van der Waals surface area contributed by atoms with Crippen molar-refractivity contribution in [2.45, 2.75) is 32.9 Å². The van der Waals surface area contributed by atoms with Gasteiger partial charge in [0, 0.05) is 55.7 Å². The number of amides is 2. The van der Waals surface area contributed by atoms with Gasteiger partial charge in [-0.05, 0) is 54.3 Å². The minimum Gasteiger partial charge on any atom is -0.340 e. The quantitative estimate of drug-likeness (QED) is 0.735. The van der Waals surface area contributed by atoms with Gasteiger partial charge in [-0.15, -0.1) is 0 Å². The molecule has 1 aliphatic heterocycles. The van der Waals surface area contributed by atoms with Gasteiger partial charge in [-0.1, -0.05) is 25.4 Å². The van der Waals surface area contributed by atoms with Gasteiger partial charge in [0.15, 0.2) is 0 Å². The molecular formula is C23H29ClN4O2. The largest absolute Gasteiger partial charge is 0.340 e. The molecule has 6 nitrogen and oxygen atoms in total. The van der Waals surface area contributed by atoms with E-state index in [-0.39, 0.29) is 17.7 Å². The Bertz CT molecular complexity index is 834. The van der Waals surface area contributed by atoms with Crippen LogP contribution in [0.15, 0.2) is 48.8 Å². The van der Waals surface area contributed by atoms with Crippen LogP contribution in [0.25, 0.3) is 0 Å². The van der Waals surface area contributed by atoms with Gasteiger partial charge in [0.25, 0.3) is 5.91 Å². The second-order valence-corrected chi connectivity index (χ2v) is 8.56. The summed E-state index contributed by atoms with van der Waals surface area (Å²) in [6.45, 7) is 7.92. The first-order chi connectivity index (χ1) is 14.4. The van der Waals surface area contributed by atoms with E-state index in [4.69, 9.17) is 11.6 Å². The molecule has 2 aromatic rings. The van der Waals surface area contributed by atoms with Crippen molar-refractivity contribution >= 4 is 23.4 Å². The molecule has 0 saturated carbocycles. The predicted molar refractivity (Wildman–Crippen MR) is 118 cm³/mol. The number of nitrogens with zero attached hydrogens (tertiary/aromatic N) is 3. The maximum atomic E-state index is 13.2. The maximum absolute atomic E-state index is 13.2. The van der Waals surface area contributed by atoms with E-state index in [1.807, 2.05) is 17.0 Å². The lowest BCUT2D eigenvalue weighted by Gasteiger charge is -2.36. The van der Waals surface area contributed by atoms with Crippen LogP contribution in [-0.2, 0) is 11.3 Å². The highest BCUT2D eigenvalue weighted by Crippen LogP contribution is 2.14. The number of benzene rings is 1. The van der Waals surface area contributed by atoms with Crippen molar-refractivity contribution in [3.8, 4) is 0 Å². The topological polar surface area (TPSA) is 65.5 Å². The van der Waals surface area contributed by atoms with Crippen LogP contribution < -0.4 is 5.32 Å². The fraction of sp³-hybridized carbons (Fsp3) is 0.435. The molecule has 0 spiro atoms. The molecule has 1 aliphatic rings. The highest BCUT2D eigenvalue weighted by atomic mass is 35.5. The van der Waals surface area contributed by atoms with Crippen molar-refractivity contribution in [2.75, 3.05) is 26.2 Å². The monoisotopic (exact) mass is 428 g/mol. The van der Waals surface area contributed by atoms with Gasteiger partial charge in [0.05, 0.1) is 0 Å². The second-order valence-electron chi connectivity index (χ2n) is 8.12. The van der Waals surface area contributed by atoms with E-state index in [1.165, 1.54) is 5.56 Å². The highest BCUT2D eigenvalue weighted by molar-refractivity contribution is 6.30. The number of carbonyl (C=O) groups is 2. The molecule has 7 heteroatoms. The van der Waals surface area contributed by atoms with E-state index in [0.717, 1.165) is 19.6 Å². The smallest absolute Gasteiger partial charge is 0.251 e. The van der Waals surface area contributed by atoms with E-state index in [9.17, 15) is 9.59 Å². The molecule has 1 fully saturated rings. The molecule has 1 aromatic carbocycles. The zero-order valence-electron chi connectivity index (χ0n) is 17.6. The number of nitrogens with one attached hydrogen (secondary N) is 1. The van der Waals surface area contributed by atoms with Crippen molar-refractivity contribution in [3.05, 3.63) is 64.9 Å². The van der Waals surface area contributed by atoms with Crippen molar-refractivity contribution in [1.29, 1.82) is 0 Å². The van der Waals surface area contributed by atoms with E-state index in [0.29, 0.717) is 30.1 Å². The Labute approximate surface area is 183 Å². The zero-order chi connectivity index (χ0) is 21.5. The van der Waals surface area contributed by atoms with Gasteiger partial charge < -0.3 is 10.2 Å². The Kier molecular flexibility index (Phi) is 7.82. The van der Waals surface area contributed by atoms with Crippen LogP contribution in [0.5, 0.6) is 0 Å². The molecule has 1 saturated heterocycles. The lowest BCUT2D eigenvalue weighted by molar-refractivity contribution is -0.135. The molecule has 160 valence electrons. The number of rotatable bonds is 7. The number of hydrogen-bond acceptors (Lipinski definition) is 4. The van der Waals surface area contributed by atoms with Crippen LogP contribution in [0.2, 0.25) is 5.02 Å². The molecule has 30 heavy (non-hydrogen) atoms. The molecule has 0 bridgehead atoms. The predicted octanol–water partition coefficient (Wildman–Crippen LogP) is 3.22. The summed E-state index contributed by atoms with van der Waals surface area (Å²) in [7, 11) is 0. The summed E-state index contributed by atoms with van der Waals surface area (Å²) < 4.78 is 0. The van der Waals surface area contributed by atoms with E-state index in [2.05, 4.69) is 29.0 Å². The average Bonchev–Trinajstić information content (AvgIpc) is 2.74. The van der Waals surface area contributed by atoms with Gasteiger partial charge in [0.2, 0.25) is 5.91 Å². The summed E-state index contributed by atoms with van der Waals surface area (Å²) >= 11 is 5.91. The highest BCUT2D eigenvalue weighted by Gasteiger charge is 2.29. The summed E-state index contributed by atoms with van der Waals surface area (Å²) in [5.41, 5.74) is 1.72. The normalized spacial score (nSPS) is 15.8. The number of aromatic nitrogens is 1. The molecule has 1 atom stereocenters. The lowest BCUT2D eigenvalue weighted by Crippen LogP contribution is -2.55. The van der Waals surface area contributed by atoms with Crippen molar-refractivity contribution < 1.29 is 9.59 Å². The third kappa shape index (κ3) is 6.28. The fourth-order valence-electron chi connectivity index (χ4n) is 3.63. The molecular weight excluding hydrogens is 400 g/mol. The number of pyridine rings is 1. The van der Waals surface area contributed by atoms with Crippen LogP contribution in [0.1, 0.15) is 36.2 Å². The van der Waals surface area contributed by atoms with Crippen molar-refractivity contribution in [1.82, 2.24) is 20.1 Å². The first-order valence-corrected chi connectivity index (χ1v) is 10.8. The first-order valence-electron chi connectivity index (χ1n) is 10.4. The molecule has 2 amide bonds.